The van der Waals surface area contributed by atoms with Gasteiger partial charge in [-0.2, -0.15) is 0 Å². The Morgan fingerprint density at radius 1 is 1.07 bits per heavy atom. The Labute approximate surface area is 181 Å². The highest BCUT2D eigenvalue weighted by Gasteiger charge is 2.42. The molecule has 0 saturated carbocycles. The first-order chi connectivity index (χ1) is 14.2. The zero-order valence-corrected chi connectivity index (χ0v) is 18.7. The van der Waals surface area contributed by atoms with Crippen LogP contribution < -0.4 is 15.8 Å². The summed E-state index contributed by atoms with van der Waals surface area (Å²) in [6.07, 6.45) is 1.21. The third-order valence-electron chi connectivity index (χ3n) is 6.11. The molecule has 4 rings (SSSR count). The van der Waals surface area contributed by atoms with E-state index in [1.54, 1.807) is 0 Å². The molecule has 0 spiro atoms. The molecule has 0 saturated heterocycles. The van der Waals surface area contributed by atoms with Crippen molar-refractivity contribution in [2.45, 2.75) is 46.5 Å². The fourth-order valence-corrected chi connectivity index (χ4v) is 4.94. The summed E-state index contributed by atoms with van der Waals surface area (Å²) in [6, 6.07) is 8.21. The molecular formula is C23H28N4O2S. The number of H-pyrrole nitrogens is 2. The number of Topliss-reactive ketones (excluding diaryl/α,β-unsaturated/α-hetero) is 1. The Morgan fingerprint density at radius 3 is 2.37 bits per heavy atom. The van der Waals surface area contributed by atoms with E-state index in [1.165, 1.54) is 0 Å². The summed E-state index contributed by atoms with van der Waals surface area (Å²) in [5.74, 6) is 0.270. The van der Waals surface area contributed by atoms with Gasteiger partial charge in [0.05, 0.1) is 5.56 Å². The van der Waals surface area contributed by atoms with Crippen LogP contribution in [0.15, 0.2) is 40.3 Å². The van der Waals surface area contributed by atoms with Crippen LogP contribution in [0, 0.1) is 10.2 Å². The molecule has 0 fully saturated rings. The van der Waals surface area contributed by atoms with Crippen molar-refractivity contribution in [3.05, 3.63) is 61.8 Å². The van der Waals surface area contributed by atoms with Gasteiger partial charge >= 0.3 is 0 Å². The number of nitrogens with zero attached hydrogens (tertiary/aromatic N) is 1. The molecule has 30 heavy (non-hydrogen) atoms. The van der Waals surface area contributed by atoms with Crippen molar-refractivity contribution < 1.29 is 4.79 Å². The fraction of sp³-hybridized carbons (Fsp3) is 0.435. The number of rotatable bonds is 4. The summed E-state index contributed by atoms with van der Waals surface area (Å²) in [7, 11) is 0. The maximum atomic E-state index is 13.2. The van der Waals surface area contributed by atoms with E-state index in [0.29, 0.717) is 23.4 Å². The molecule has 0 amide bonds. The van der Waals surface area contributed by atoms with Crippen molar-refractivity contribution >= 4 is 29.5 Å². The number of aromatic amines is 2. The third-order valence-corrected chi connectivity index (χ3v) is 6.31. The number of allylic oxidation sites excluding steroid dienone is 2. The molecule has 6 nitrogen and oxygen atoms in total. The van der Waals surface area contributed by atoms with Crippen molar-refractivity contribution in [1.29, 1.82) is 0 Å². The van der Waals surface area contributed by atoms with Crippen LogP contribution in [0.5, 0.6) is 0 Å². The predicted molar refractivity (Wildman–Crippen MR) is 123 cm³/mol. The number of fused-ring (bicyclic) bond motifs is 1. The van der Waals surface area contributed by atoms with Crippen molar-refractivity contribution in [2.24, 2.45) is 5.41 Å². The Hall–Kier alpha value is -2.67. The second-order valence-corrected chi connectivity index (χ2v) is 9.26. The van der Waals surface area contributed by atoms with Crippen LogP contribution in [0.25, 0.3) is 0 Å². The summed E-state index contributed by atoms with van der Waals surface area (Å²) >= 11 is 5.19. The Bertz CT molecular complexity index is 1140. The van der Waals surface area contributed by atoms with Gasteiger partial charge in [0.15, 0.2) is 10.6 Å². The predicted octanol–water partition coefficient (Wildman–Crippen LogP) is 4.48. The van der Waals surface area contributed by atoms with Crippen molar-refractivity contribution in [3.63, 3.8) is 0 Å². The number of aromatic nitrogens is 2. The minimum absolute atomic E-state index is 0.0964. The van der Waals surface area contributed by atoms with Gasteiger partial charge in [-0.05, 0) is 55.6 Å². The van der Waals surface area contributed by atoms with Gasteiger partial charge in [-0.1, -0.05) is 26.0 Å². The highest BCUT2D eigenvalue weighted by molar-refractivity contribution is 7.71. The SMILES string of the molecule is CCN(CC)c1ccc([C@@H]2C3=C(CC(C)(C)CC3=O)Nc3[nH]c(=S)[nH]c(=O)c32)cc1. The molecule has 2 aromatic rings. The van der Waals surface area contributed by atoms with Crippen LogP contribution in [0.4, 0.5) is 11.5 Å². The largest absolute Gasteiger partial charge is 0.372 e. The number of hydrogen-bond donors (Lipinski definition) is 3. The fourth-order valence-electron chi connectivity index (χ4n) is 4.75. The highest BCUT2D eigenvalue weighted by Crippen LogP contribution is 2.47. The summed E-state index contributed by atoms with van der Waals surface area (Å²) in [5.41, 5.74) is 3.78. The van der Waals surface area contributed by atoms with Gasteiger partial charge in [-0.15, -0.1) is 0 Å². The lowest BCUT2D eigenvalue weighted by atomic mass is 9.69. The second-order valence-electron chi connectivity index (χ2n) is 8.85. The van der Waals surface area contributed by atoms with Crippen molar-refractivity contribution in [3.8, 4) is 0 Å². The number of carbonyl (C=O) groups is 1. The number of carbonyl (C=O) groups excluding carboxylic acids is 1. The maximum absolute atomic E-state index is 13.2. The maximum Gasteiger partial charge on any atom is 0.257 e. The lowest BCUT2D eigenvalue weighted by Gasteiger charge is -2.38. The van der Waals surface area contributed by atoms with Crippen LogP contribution >= 0.6 is 12.2 Å². The molecule has 1 aromatic carbocycles. The minimum Gasteiger partial charge on any atom is -0.372 e. The molecule has 0 unspecified atom stereocenters. The highest BCUT2D eigenvalue weighted by atomic mass is 32.1. The molecule has 0 radical (unpaired) electrons. The van der Waals surface area contributed by atoms with E-state index < -0.39 is 5.92 Å². The lowest BCUT2D eigenvalue weighted by Crippen LogP contribution is -2.36. The van der Waals surface area contributed by atoms with Gasteiger partial charge in [0.25, 0.3) is 5.56 Å². The number of nitrogens with one attached hydrogen (secondary N) is 3. The van der Waals surface area contributed by atoms with Gasteiger partial charge < -0.3 is 15.2 Å². The summed E-state index contributed by atoms with van der Waals surface area (Å²) in [5, 5.41) is 3.32. The average molecular weight is 425 g/mol. The minimum atomic E-state index is -0.416. The summed E-state index contributed by atoms with van der Waals surface area (Å²) < 4.78 is 0.271. The first kappa shape index (κ1) is 20.6. The van der Waals surface area contributed by atoms with Crippen LogP contribution in [0.2, 0.25) is 0 Å². The van der Waals surface area contributed by atoms with Crippen LogP contribution in [-0.4, -0.2) is 28.8 Å². The van der Waals surface area contributed by atoms with Crippen molar-refractivity contribution in [2.75, 3.05) is 23.3 Å². The van der Waals surface area contributed by atoms with E-state index >= 15 is 0 Å². The molecule has 3 N–H and O–H groups in total. The molecule has 1 aliphatic carbocycles. The van der Waals surface area contributed by atoms with Gasteiger partial charge in [0.1, 0.15) is 5.82 Å². The smallest absolute Gasteiger partial charge is 0.257 e. The number of ketones is 1. The van der Waals surface area contributed by atoms with E-state index in [-0.39, 0.29) is 21.5 Å². The first-order valence-electron chi connectivity index (χ1n) is 10.5. The summed E-state index contributed by atoms with van der Waals surface area (Å²) in [4.78, 5) is 34.2. The summed E-state index contributed by atoms with van der Waals surface area (Å²) in [6.45, 7) is 10.3. The molecule has 158 valence electrons. The van der Waals surface area contributed by atoms with Crippen molar-refractivity contribution in [1.82, 2.24) is 9.97 Å². The third kappa shape index (κ3) is 3.51. The molecule has 1 aliphatic heterocycles. The normalized spacial score (nSPS) is 19.7. The Balaban J connectivity index is 1.90. The first-order valence-corrected chi connectivity index (χ1v) is 10.9. The molecule has 0 bridgehead atoms. The zero-order valence-electron chi connectivity index (χ0n) is 17.9. The average Bonchev–Trinajstić information content (AvgIpc) is 2.66. The molecule has 2 heterocycles. The molecule has 1 aromatic heterocycles. The number of anilines is 2. The molecule has 2 aliphatic rings. The standard InChI is InChI=1S/C23H28N4O2S/c1-5-27(6-2)14-9-7-13(8-10-14)17-18-15(11-23(3,4)12-16(18)28)24-20-19(17)21(29)26-22(30)25-20/h7-10,17H,5-6,11-12H2,1-4H3,(H3,24,25,26,29,30)/t17-/m1/s1. The van der Waals surface area contributed by atoms with Gasteiger partial charge in [0, 0.05) is 42.4 Å². The van der Waals surface area contributed by atoms with E-state index in [9.17, 15) is 9.59 Å². The Kier molecular flexibility index (Phi) is 5.18. The monoisotopic (exact) mass is 424 g/mol. The van der Waals surface area contributed by atoms with Crippen LogP contribution in [-0.2, 0) is 4.79 Å². The van der Waals surface area contributed by atoms with Crippen LogP contribution in [0.3, 0.4) is 0 Å². The van der Waals surface area contributed by atoms with E-state index in [1.807, 2.05) is 12.1 Å². The number of hydrogen-bond acceptors (Lipinski definition) is 5. The van der Waals surface area contributed by atoms with E-state index in [2.05, 4.69) is 60.0 Å². The molecule has 1 atom stereocenters. The quantitative estimate of drug-likeness (QED) is 0.631. The Morgan fingerprint density at radius 2 is 1.73 bits per heavy atom. The zero-order chi connectivity index (χ0) is 21.6. The van der Waals surface area contributed by atoms with Crippen LogP contribution in [0.1, 0.15) is 57.6 Å². The molecular weight excluding hydrogens is 396 g/mol. The lowest BCUT2D eigenvalue weighted by molar-refractivity contribution is -0.118. The van der Waals surface area contributed by atoms with Gasteiger partial charge in [0.2, 0.25) is 0 Å². The topological polar surface area (TPSA) is 81.0 Å². The number of benzene rings is 1. The second kappa shape index (κ2) is 7.54. The van der Waals surface area contributed by atoms with E-state index in [4.69, 9.17) is 12.2 Å². The van der Waals surface area contributed by atoms with Gasteiger partial charge in [-0.25, -0.2) is 0 Å². The van der Waals surface area contributed by atoms with Gasteiger partial charge in [-0.3, -0.25) is 14.6 Å². The van der Waals surface area contributed by atoms with E-state index in [0.717, 1.165) is 36.5 Å². The molecule has 7 heteroatoms.